The number of ether oxygens (including phenoxy) is 1. The van der Waals surface area contributed by atoms with Gasteiger partial charge >= 0.3 is 0 Å². The number of amides is 2. The Morgan fingerprint density at radius 1 is 1.10 bits per heavy atom. The molecule has 1 saturated heterocycles. The maximum absolute atomic E-state index is 12.9. The van der Waals surface area contributed by atoms with E-state index in [1.165, 1.54) is 4.90 Å². The molecule has 150 valence electrons. The fourth-order valence-electron chi connectivity index (χ4n) is 3.59. The molecule has 1 aliphatic rings. The van der Waals surface area contributed by atoms with Gasteiger partial charge < -0.3 is 15.0 Å². The lowest BCUT2D eigenvalue weighted by molar-refractivity contribution is -0.121. The molecule has 4 rings (SSSR count). The van der Waals surface area contributed by atoms with Crippen molar-refractivity contribution in [2.45, 2.75) is 38.6 Å². The Hall–Kier alpha value is -3.28. The number of hydrogen-bond donors (Lipinski definition) is 2. The van der Waals surface area contributed by atoms with Crippen molar-refractivity contribution in [2.75, 3.05) is 16.8 Å². The summed E-state index contributed by atoms with van der Waals surface area (Å²) in [5.74, 6) is 0.307. The minimum atomic E-state index is -0.570. The first-order valence-electron chi connectivity index (χ1n) is 10.1. The van der Waals surface area contributed by atoms with Gasteiger partial charge in [-0.3, -0.25) is 9.59 Å². The number of fused-ring (bicyclic) bond motifs is 1. The summed E-state index contributed by atoms with van der Waals surface area (Å²) in [6, 6.07) is 14.4. The topological polar surface area (TPSA) is 74.4 Å². The lowest BCUT2D eigenvalue weighted by atomic mass is 10.2. The summed E-state index contributed by atoms with van der Waals surface area (Å²) in [6.07, 6.45) is 5.31. The van der Waals surface area contributed by atoms with E-state index in [-0.39, 0.29) is 18.2 Å². The average Bonchev–Trinajstić information content (AvgIpc) is 3.30. The first kappa shape index (κ1) is 19.1. The third-order valence-electron chi connectivity index (χ3n) is 5.15. The van der Waals surface area contributed by atoms with Crippen LogP contribution in [-0.4, -0.2) is 29.4 Å². The van der Waals surface area contributed by atoms with E-state index in [9.17, 15) is 9.59 Å². The number of imide groups is 1. The van der Waals surface area contributed by atoms with E-state index in [0.717, 1.165) is 41.6 Å². The van der Waals surface area contributed by atoms with Gasteiger partial charge in [0.1, 0.15) is 11.8 Å². The molecule has 0 unspecified atom stereocenters. The number of aromatic nitrogens is 1. The molecule has 3 aromatic rings. The molecule has 1 aliphatic heterocycles. The zero-order valence-electron chi connectivity index (χ0n) is 16.5. The molecule has 2 aromatic carbocycles. The summed E-state index contributed by atoms with van der Waals surface area (Å²) in [7, 11) is 0. The molecule has 6 heteroatoms. The van der Waals surface area contributed by atoms with Crippen molar-refractivity contribution in [3.05, 3.63) is 54.7 Å². The number of unbranched alkanes of at least 4 members (excludes halogenated alkanes) is 2. The van der Waals surface area contributed by atoms with Gasteiger partial charge in [-0.15, -0.1) is 0 Å². The number of hydrogen-bond acceptors (Lipinski definition) is 4. The molecule has 0 spiro atoms. The van der Waals surface area contributed by atoms with Crippen LogP contribution in [0.2, 0.25) is 0 Å². The van der Waals surface area contributed by atoms with Crippen LogP contribution in [0, 0.1) is 0 Å². The number of rotatable bonds is 8. The van der Waals surface area contributed by atoms with Crippen LogP contribution in [0.15, 0.2) is 54.7 Å². The highest BCUT2D eigenvalue weighted by atomic mass is 16.5. The van der Waals surface area contributed by atoms with Gasteiger partial charge in [-0.1, -0.05) is 25.8 Å². The maximum Gasteiger partial charge on any atom is 0.256 e. The summed E-state index contributed by atoms with van der Waals surface area (Å²) in [4.78, 5) is 29.8. The second kappa shape index (κ2) is 8.39. The number of nitrogens with zero attached hydrogens (tertiary/aromatic N) is 1. The molecule has 1 atom stereocenters. The molecule has 29 heavy (non-hydrogen) atoms. The number of carbonyl (C=O) groups is 2. The highest BCUT2D eigenvalue weighted by molar-refractivity contribution is 6.23. The van der Waals surface area contributed by atoms with Crippen LogP contribution in [0.25, 0.3) is 10.9 Å². The van der Waals surface area contributed by atoms with Crippen LogP contribution in [0.4, 0.5) is 11.4 Å². The number of H-pyrrole nitrogens is 1. The lowest BCUT2D eigenvalue weighted by Crippen LogP contribution is -2.34. The first-order chi connectivity index (χ1) is 14.2. The minimum absolute atomic E-state index is 0.136. The SMILES string of the molecule is CCCCCOc1ccc(N2C(=O)C[C@H](Nc3ccc4cc[nH]c4c3)C2=O)cc1. The highest BCUT2D eigenvalue weighted by Gasteiger charge is 2.39. The summed E-state index contributed by atoms with van der Waals surface area (Å²) >= 11 is 0. The second-order valence-corrected chi connectivity index (χ2v) is 7.30. The van der Waals surface area contributed by atoms with E-state index < -0.39 is 6.04 Å². The van der Waals surface area contributed by atoms with Gasteiger partial charge in [0.05, 0.1) is 18.7 Å². The Kier molecular flexibility index (Phi) is 5.51. The van der Waals surface area contributed by atoms with Gasteiger partial charge in [-0.05, 0) is 54.3 Å². The zero-order valence-corrected chi connectivity index (χ0v) is 16.5. The Morgan fingerprint density at radius 2 is 1.93 bits per heavy atom. The number of carbonyl (C=O) groups excluding carboxylic acids is 2. The second-order valence-electron chi connectivity index (χ2n) is 7.30. The standard InChI is InChI=1S/C23H25N3O3/c1-2-3-4-13-29-19-9-7-18(8-10-19)26-22(27)15-21(23(26)28)25-17-6-5-16-11-12-24-20(16)14-17/h5-12,14,21,24-25H,2-4,13,15H2,1H3/t21-/m0/s1. The van der Waals surface area contributed by atoms with Gasteiger partial charge in [-0.2, -0.15) is 0 Å². The monoisotopic (exact) mass is 391 g/mol. The van der Waals surface area contributed by atoms with Gasteiger partial charge in [0.25, 0.3) is 5.91 Å². The van der Waals surface area contributed by atoms with E-state index in [0.29, 0.717) is 12.3 Å². The van der Waals surface area contributed by atoms with E-state index in [1.807, 2.05) is 42.6 Å². The summed E-state index contributed by atoms with van der Waals surface area (Å²) in [6.45, 7) is 2.82. The normalized spacial score (nSPS) is 16.6. The van der Waals surface area contributed by atoms with Gasteiger partial charge in [0.15, 0.2) is 0 Å². The fraction of sp³-hybridized carbons (Fsp3) is 0.304. The summed E-state index contributed by atoms with van der Waals surface area (Å²) in [5, 5.41) is 4.30. The molecule has 1 aromatic heterocycles. The summed E-state index contributed by atoms with van der Waals surface area (Å²) < 4.78 is 5.70. The molecule has 6 nitrogen and oxygen atoms in total. The van der Waals surface area contributed by atoms with E-state index in [4.69, 9.17) is 4.74 Å². The molecule has 2 N–H and O–H groups in total. The van der Waals surface area contributed by atoms with Gasteiger partial charge in [-0.25, -0.2) is 4.90 Å². The first-order valence-corrected chi connectivity index (χ1v) is 10.1. The van der Waals surface area contributed by atoms with Crippen LogP contribution < -0.4 is 15.0 Å². The quantitative estimate of drug-likeness (QED) is 0.439. The Morgan fingerprint density at radius 3 is 2.72 bits per heavy atom. The van der Waals surface area contributed by atoms with Crippen molar-refractivity contribution in [3.8, 4) is 5.75 Å². The molecule has 2 heterocycles. The van der Waals surface area contributed by atoms with Crippen LogP contribution in [-0.2, 0) is 9.59 Å². The third kappa shape index (κ3) is 4.11. The molecular formula is C23H25N3O3. The zero-order chi connectivity index (χ0) is 20.2. The predicted octanol–water partition coefficient (Wildman–Crippen LogP) is 4.48. The van der Waals surface area contributed by atoms with Gasteiger partial charge in [0.2, 0.25) is 5.91 Å². The molecule has 2 amide bonds. The van der Waals surface area contributed by atoms with Crippen molar-refractivity contribution in [2.24, 2.45) is 0 Å². The fourth-order valence-corrected chi connectivity index (χ4v) is 3.59. The summed E-state index contributed by atoms with van der Waals surface area (Å²) in [5.41, 5.74) is 2.37. The van der Waals surface area contributed by atoms with Crippen molar-refractivity contribution in [3.63, 3.8) is 0 Å². The number of nitrogens with one attached hydrogen (secondary N) is 2. The van der Waals surface area contributed by atoms with E-state index in [2.05, 4.69) is 17.2 Å². The molecule has 1 fully saturated rings. The predicted molar refractivity (Wildman–Crippen MR) is 114 cm³/mol. The molecule has 0 radical (unpaired) electrons. The van der Waals surface area contributed by atoms with Crippen molar-refractivity contribution in [1.29, 1.82) is 0 Å². The molecule has 0 bridgehead atoms. The van der Waals surface area contributed by atoms with Crippen LogP contribution in [0.3, 0.4) is 0 Å². The minimum Gasteiger partial charge on any atom is -0.494 e. The Bertz CT molecular complexity index is 1010. The molecule has 0 aliphatic carbocycles. The number of anilines is 2. The van der Waals surface area contributed by atoms with Crippen molar-refractivity contribution in [1.82, 2.24) is 4.98 Å². The van der Waals surface area contributed by atoms with E-state index in [1.54, 1.807) is 12.1 Å². The third-order valence-corrected chi connectivity index (χ3v) is 5.15. The van der Waals surface area contributed by atoms with Crippen molar-refractivity contribution < 1.29 is 14.3 Å². The van der Waals surface area contributed by atoms with Crippen LogP contribution >= 0.6 is 0 Å². The van der Waals surface area contributed by atoms with Crippen LogP contribution in [0.1, 0.15) is 32.6 Å². The Labute approximate surface area is 169 Å². The highest BCUT2D eigenvalue weighted by Crippen LogP contribution is 2.27. The van der Waals surface area contributed by atoms with Crippen LogP contribution in [0.5, 0.6) is 5.75 Å². The lowest BCUT2D eigenvalue weighted by Gasteiger charge is -2.17. The Balaban J connectivity index is 1.42. The maximum atomic E-state index is 12.9. The number of aromatic amines is 1. The van der Waals surface area contributed by atoms with Gasteiger partial charge in [0, 0.05) is 17.4 Å². The average molecular weight is 391 g/mol. The molecule has 0 saturated carbocycles. The number of benzene rings is 2. The smallest absolute Gasteiger partial charge is 0.256 e. The van der Waals surface area contributed by atoms with Crippen molar-refractivity contribution >= 4 is 34.1 Å². The van der Waals surface area contributed by atoms with E-state index >= 15 is 0 Å². The largest absolute Gasteiger partial charge is 0.494 e. The molecular weight excluding hydrogens is 366 g/mol.